The van der Waals surface area contributed by atoms with Crippen LogP contribution < -0.4 is 4.90 Å². The highest BCUT2D eigenvalue weighted by Crippen LogP contribution is 2.49. The van der Waals surface area contributed by atoms with Gasteiger partial charge >= 0.3 is 5.97 Å². The third-order valence-corrected chi connectivity index (χ3v) is 4.72. The number of carbonyl (C=O) groups is 1. The number of nitrogens with zero attached hydrogens (tertiary/aromatic N) is 1. The molecule has 2 aliphatic rings. The standard InChI is InChI=1S/C15H19NO2/c1-16-10-15(12-4-2-3-5-13(12)16)8-6-11(7-9-15)14(17)18/h2-5,11H,6-10H2,1H3,(H,17,18). The predicted molar refractivity (Wildman–Crippen MR) is 71.0 cm³/mol. The Bertz CT molecular complexity index is 475. The summed E-state index contributed by atoms with van der Waals surface area (Å²) in [6.07, 6.45) is 3.64. The van der Waals surface area contributed by atoms with Gasteiger partial charge in [-0.2, -0.15) is 0 Å². The number of anilines is 1. The average molecular weight is 245 g/mol. The molecule has 1 saturated carbocycles. The molecule has 0 unspecified atom stereocenters. The Kier molecular flexibility index (Phi) is 2.58. The van der Waals surface area contributed by atoms with Gasteiger partial charge < -0.3 is 10.0 Å². The number of hydrogen-bond acceptors (Lipinski definition) is 2. The van der Waals surface area contributed by atoms with Crippen LogP contribution in [0.2, 0.25) is 0 Å². The second kappa shape index (κ2) is 4.01. The van der Waals surface area contributed by atoms with Crippen molar-refractivity contribution in [1.29, 1.82) is 0 Å². The monoisotopic (exact) mass is 245 g/mol. The lowest BCUT2D eigenvalue weighted by Crippen LogP contribution is -2.37. The van der Waals surface area contributed by atoms with Crippen LogP contribution in [0, 0.1) is 5.92 Å². The minimum Gasteiger partial charge on any atom is -0.481 e. The Morgan fingerprint density at radius 3 is 2.67 bits per heavy atom. The van der Waals surface area contributed by atoms with Crippen LogP contribution in [-0.2, 0) is 10.2 Å². The Morgan fingerprint density at radius 1 is 1.33 bits per heavy atom. The molecular weight excluding hydrogens is 226 g/mol. The van der Waals surface area contributed by atoms with E-state index in [-0.39, 0.29) is 11.3 Å². The van der Waals surface area contributed by atoms with Crippen molar-refractivity contribution in [1.82, 2.24) is 0 Å². The number of aliphatic carboxylic acids is 1. The maximum atomic E-state index is 11.1. The van der Waals surface area contributed by atoms with Gasteiger partial charge in [-0.3, -0.25) is 4.79 Å². The number of likely N-dealkylation sites (N-methyl/N-ethyl adjacent to an activating group) is 1. The molecule has 0 aromatic heterocycles. The summed E-state index contributed by atoms with van der Waals surface area (Å²) in [4.78, 5) is 13.4. The first-order valence-corrected chi connectivity index (χ1v) is 6.66. The van der Waals surface area contributed by atoms with E-state index in [9.17, 15) is 4.79 Å². The molecule has 96 valence electrons. The third-order valence-electron chi connectivity index (χ3n) is 4.72. The lowest BCUT2D eigenvalue weighted by molar-refractivity contribution is -0.143. The lowest BCUT2D eigenvalue weighted by atomic mass is 9.68. The molecule has 1 heterocycles. The minimum atomic E-state index is -0.621. The largest absolute Gasteiger partial charge is 0.481 e. The highest BCUT2D eigenvalue weighted by atomic mass is 16.4. The Hall–Kier alpha value is -1.51. The molecular formula is C15H19NO2. The van der Waals surface area contributed by atoms with Crippen molar-refractivity contribution < 1.29 is 9.90 Å². The molecule has 1 aromatic carbocycles. The van der Waals surface area contributed by atoms with Gasteiger partial charge in [-0.1, -0.05) is 18.2 Å². The van der Waals surface area contributed by atoms with E-state index < -0.39 is 5.97 Å². The molecule has 1 fully saturated rings. The summed E-state index contributed by atoms with van der Waals surface area (Å²) >= 11 is 0. The summed E-state index contributed by atoms with van der Waals surface area (Å²) in [5.41, 5.74) is 2.96. The van der Waals surface area contributed by atoms with E-state index in [1.165, 1.54) is 11.3 Å². The SMILES string of the molecule is CN1CC2(CCC(C(=O)O)CC2)c2ccccc21. The molecule has 1 N–H and O–H groups in total. The zero-order valence-corrected chi connectivity index (χ0v) is 10.7. The number of fused-ring (bicyclic) bond motifs is 2. The van der Waals surface area contributed by atoms with Crippen molar-refractivity contribution in [2.75, 3.05) is 18.5 Å². The first-order chi connectivity index (χ1) is 8.62. The molecule has 0 bridgehead atoms. The molecule has 1 aliphatic carbocycles. The maximum absolute atomic E-state index is 11.1. The van der Waals surface area contributed by atoms with E-state index in [1.807, 2.05) is 0 Å². The smallest absolute Gasteiger partial charge is 0.306 e. The molecule has 1 aromatic rings. The summed E-state index contributed by atoms with van der Waals surface area (Å²) < 4.78 is 0. The molecule has 0 saturated heterocycles. The molecule has 3 rings (SSSR count). The fourth-order valence-corrected chi connectivity index (χ4v) is 3.72. The fourth-order valence-electron chi connectivity index (χ4n) is 3.72. The average Bonchev–Trinajstić information content (AvgIpc) is 2.64. The van der Waals surface area contributed by atoms with E-state index in [2.05, 4.69) is 36.2 Å². The summed E-state index contributed by atoms with van der Waals surface area (Å²) in [6, 6.07) is 8.58. The van der Waals surface area contributed by atoms with Gasteiger partial charge in [-0.05, 0) is 37.3 Å². The quantitative estimate of drug-likeness (QED) is 0.827. The molecule has 0 radical (unpaired) electrons. The van der Waals surface area contributed by atoms with Gasteiger partial charge in [0.1, 0.15) is 0 Å². The zero-order chi connectivity index (χ0) is 12.8. The predicted octanol–water partition coefficient (Wildman–Crippen LogP) is 2.65. The van der Waals surface area contributed by atoms with Gasteiger partial charge in [-0.15, -0.1) is 0 Å². The highest BCUT2D eigenvalue weighted by Gasteiger charge is 2.44. The second-order valence-corrected chi connectivity index (χ2v) is 5.77. The van der Waals surface area contributed by atoms with Crippen LogP contribution >= 0.6 is 0 Å². The zero-order valence-electron chi connectivity index (χ0n) is 10.7. The van der Waals surface area contributed by atoms with E-state index in [0.29, 0.717) is 0 Å². The van der Waals surface area contributed by atoms with Crippen LogP contribution in [0.5, 0.6) is 0 Å². The van der Waals surface area contributed by atoms with Crippen LogP contribution in [-0.4, -0.2) is 24.7 Å². The van der Waals surface area contributed by atoms with E-state index in [1.54, 1.807) is 0 Å². The van der Waals surface area contributed by atoms with Crippen molar-refractivity contribution in [3.8, 4) is 0 Å². The lowest BCUT2D eigenvalue weighted by Gasteiger charge is -2.36. The van der Waals surface area contributed by atoms with Crippen LogP contribution in [0.3, 0.4) is 0 Å². The number of para-hydroxylation sites is 1. The number of hydrogen-bond donors (Lipinski definition) is 1. The summed E-state index contributed by atoms with van der Waals surface area (Å²) in [6.45, 7) is 1.04. The van der Waals surface area contributed by atoms with E-state index >= 15 is 0 Å². The summed E-state index contributed by atoms with van der Waals surface area (Å²) in [5.74, 6) is -0.752. The van der Waals surface area contributed by atoms with Gasteiger partial charge in [0.2, 0.25) is 0 Å². The van der Waals surface area contributed by atoms with Crippen LogP contribution in [0.15, 0.2) is 24.3 Å². The van der Waals surface area contributed by atoms with Gasteiger partial charge in [-0.25, -0.2) is 0 Å². The van der Waals surface area contributed by atoms with Crippen molar-refractivity contribution in [3.63, 3.8) is 0 Å². The molecule has 0 atom stereocenters. The number of benzene rings is 1. The van der Waals surface area contributed by atoms with Crippen LogP contribution in [0.25, 0.3) is 0 Å². The van der Waals surface area contributed by atoms with Crippen molar-refractivity contribution >= 4 is 11.7 Å². The summed E-state index contributed by atoms with van der Waals surface area (Å²) in [5, 5.41) is 9.11. The van der Waals surface area contributed by atoms with Crippen molar-refractivity contribution in [2.24, 2.45) is 5.92 Å². The third kappa shape index (κ3) is 1.61. The van der Waals surface area contributed by atoms with Gasteiger partial charge in [0.05, 0.1) is 5.92 Å². The van der Waals surface area contributed by atoms with Crippen LogP contribution in [0.1, 0.15) is 31.2 Å². The molecule has 18 heavy (non-hydrogen) atoms. The van der Waals surface area contributed by atoms with Crippen molar-refractivity contribution in [3.05, 3.63) is 29.8 Å². The second-order valence-electron chi connectivity index (χ2n) is 5.77. The van der Waals surface area contributed by atoms with E-state index in [4.69, 9.17) is 5.11 Å². The first-order valence-electron chi connectivity index (χ1n) is 6.66. The van der Waals surface area contributed by atoms with Crippen molar-refractivity contribution in [2.45, 2.75) is 31.1 Å². The van der Waals surface area contributed by atoms with Crippen LogP contribution in [0.4, 0.5) is 5.69 Å². The van der Waals surface area contributed by atoms with Gasteiger partial charge in [0, 0.05) is 24.7 Å². The van der Waals surface area contributed by atoms with E-state index in [0.717, 1.165) is 32.2 Å². The fraction of sp³-hybridized carbons (Fsp3) is 0.533. The maximum Gasteiger partial charge on any atom is 0.306 e. The number of carboxylic acids is 1. The number of rotatable bonds is 1. The highest BCUT2D eigenvalue weighted by molar-refractivity contribution is 5.70. The molecule has 3 nitrogen and oxygen atoms in total. The van der Waals surface area contributed by atoms with Gasteiger partial charge in [0.15, 0.2) is 0 Å². The minimum absolute atomic E-state index is 0.131. The summed E-state index contributed by atoms with van der Waals surface area (Å²) in [7, 11) is 2.14. The molecule has 1 aliphatic heterocycles. The Labute approximate surface area is 107 Å². The number of carboxylic acid groups (broad SMARTS) is 1. The normalized spacial score (nSPS) is 30.5. The first kappa shape index (κ1) is 11.6. The molecule has 3 heteroatoms. The molecule has 0 amide bonds. The topological polar surface area (TPSA) is 40.5 Å². The Morgan fingerprint density at radius 2 is 2.00 bits per heavy atom. The van der Waals surface area contributed by atoms with Gasteiger partial charge in [0.25, 0.3) is 0 Å². The molecule has 1 spiro atoms. The Balaban J connectivity index is 1.89.